The molecule has 0 atom stereocenters. The first-order valence-corrected chi connectivity index (χ1v) is 3.56. The van der Waals surface area contributed by atoms with E-state index in [0.717, 1.165) is 13.1 Å². The molecule has 0 aliphatic rings. The minimum absolute atomic E-state index is 0. The van der Waals surface area contributed by atoms with Crippen LogP contribution in [0.5, 0.6) is 0 Å². The minimum Gasteiger partial charge on any atom is -0.376 e. The molecule has 0 bridgehead atoms. The van der Waals surface area contributed by atoms with Crippen molar-refractivity contribution in [3.05, 3.63) is 0 Å². The van der Waals surface area contributed by atoms with Gasteiger partial charge in [0.05, 0.1) is 6.34 Å². The van der Waals surface area contributed by atoms with Gasteiger partial charge >= 0.3 is 0 Å². The van der Waals surface area contributed by atoms with Crippen LogP contribution in [0.15, 0.2) is 4.99 Å². The second-order valence-electron chi connectivity index (χ2n) is 2.50. The van der Waals surface area contributed by atoms with E-state index in [1.165, 1.54) is 6.42 Å². The number of nitrogens with zero attached hydrogens (tertiary/aromatic N) is 2. The van der Waals surface area contributed by atoms with Crippen LogP contribution in [-0.4, -0.2) is 45.5 Å². The van der Waals surface area contributed by atoms with Gasteiger partial charge in [0, 0.05) is 13.6 Å². The Hall–Kier alpha value is -0.280. The van der Waals surface area contributed by atoms with E-state index in [4.69, 9.17) is 0 Å². The third-order valence-electron chi connectivity index (χ3n) is 1.15. The molecular weight excluding hydrogens is 162 g/mol. The SMILES string of the molecule is CN=CNCCCN(C)C.Cl. The molecule has 0 aromatic heterocycles. The van der Waals surface area contributed by atoms with Crippen molar-refractivity contribution in [2.24, 2.45) is 4.99 Å². The largest absolute Gasteiger partial charge is 0.376 e. The zero-order valence-corrected chi connectivity index (χ0v) is 8.32. The van der Waals surface area contributed by atoms with Gasteiger partial charge in [-0.2, -0.15) is 0 Å². The molecule has 0 saturated carbocycles. The Morgan fingerprint density at radius 3 is 2.55 bits per heavy atom. The van der Waals surface area contributed by atoms with Gasteiger partial charge in [-0.25, -0.2) is 0 Å². The quantitative estimate of drug-likeness (QED) is 0.381. The maximum atomic E-state index is 3.80. The molecule has 0 aliphatic heterocycles. The Bertz CT molecular complexity index is 93.7. The number of nitrogens with one attached hydrogen (secondary N) is 1. The van der Waals surface area contributed by atoms with Crippen LogP contribution in [0.3, 0.4) is 0 Å². The molecule has 0 aromatic carbocycles. The lowest BCUT2D eigenvalue weighted by Crippen LogP contribution is -2.20. The Morgan fingerprint density at radius 1 is 1.45 bits per heavy atom. The predicted octanol–water partition coefficient (Wildman–Crippen LogP) is 0.608. The van der Waals surface area contributed by atoms with Crippen LogP contribution >= 0.6 is 12.4 Å². The van der Waals surface area contributed by atoms with Crippen molar-refractivity contribution in [3.63, 3.8) is 0 Å². The van der Waals surface area contributed by atoms with Crippen molar-refractivity contribution in [2.75, 3.05) is 34.2 Å². The Kier molecular flexibility index (Phi) is 11.8. The average molecular weight is 180 g/mol. The summed E-state index contributed by atoms with van der Waals surface area (Å²) in [7, 11) is 5.92. The molecule has 3 nitrogen and oxygen atoms in total. The molecule has 0 radical (unpaired) electrons. The summed E-state index contributed by atoms with van der Waals surface area (Å²) in [6.45, 7) is 2.14. The van der Waals surface area contributed by atoms with Crippen molar-refractivity contribution < 1.29 is 0 Å². The van der Waals surface area contributed by atoms with Crippen molar-refractivity contribution >= 4 is 18.7 Å². The molecule has 11 heavy (non-hydrogen) atoms. The van der Waals surface area contributed by atoms with Crippen molar-refractivity contribution in [1.82, 2.24) is 10.2 Å². The zero-order chi connectivity index (χ0) is 7.82. The summed E-state index contributed by atoms with van der Waals surface area (Å²) in [4.78, 5) is 5.97. The Labute approximate surface area is 75.3 Å². The third-order valence-corrected chi connectivity index (χ3v) is 1.15. The van der Waals surface area contributed by atoms with E-state index in [1.54, 1.807) is 13.4 Å². The van der Waals surface area contributed by atoms with Gasteiger partial charge < -0.3 is 10.2 Å². The normalized spacial score (nSPS) is 10.2. The summed E-state index contributed by atoms with van der Waals surface area (Å²) in [6, 6.07) is 0. The summed E-state index contributed by atoms with van der Waals surface area (Å²) in [6.07, 6.45) is 2.90. The van der Waals surface area contributed by atoms with Gasteiger partial charge in [-0.05, 0) is 27.1 Å². The lowest BCUT2D eigenvalue weighted by atomic mass is 10.4. The number of halogens is 1. The van der Waals surface area contributed by atoms with E-state index in [2.05, 4.69) is 29.3 Å². The molecule has 0 rings (SSSR count). The first-order chi connectivity index (χ1) is 4.77. The maximum Gasteiger partial charge on any atom is 0.0820 e. The van der Waals surface area contributed by atoms with E-state index in [0.29, 0.717) is 0 Å². The van der Waals surface area contributed by atoms with E-state index >= 15 is 0 Å². The third kappa shape index (κ3) is 12.8. The number of aliphatic imine (C=N–C) groups is 1. The fourth-order valence-corrected chi connectivity index (χ4v) is 0.653. The van der Waals surface area contributed by atoms with E-state index in [1.807, 2.05) is 0 Å². The number of rotatable bonds is 5. The van der Waals surface area contributed by atoms with E-state index < -0.39 is 0 Å². The van der Waals surface area contributed by atoms with Gasteiger partial charge in [0.15, 0.2) is 0 Å². The predicted molar refractivity (Wildman–Crippen MR) is 52.8 cm³/mol. The maximum absolute atomic E-state index is 3.80. The Balaban J connectivity index is 0. The van der Waals surface area contributed by atoms with Gasteiger partial charge in [-0.3, -0.25) is 4.99 Å². The van der Waals surface area contributed by atoms with Crippen LogP contribution in [0.1, 0.15) is 6.42 Å². The fraction of sp³-hybridized carbons (Fsp3) is 0.857. The monoisotopic (exact) mass is 179 g/mol. The van der Waals surface area contributed by atoms with Crippen LogP contribution in [0.25, 0.3) is 0 Å². The standard InChI is InChI=1S/C7H17N3.ClH/c1-8-7-9-5-4-6-10(2)3;/h7H,4-6H2,1-3H3,(H,8,9);1H. The van der Waals surface area contributed by atoms with Crippen LogP contribution in [-0.2, 0) is 0 Å². The fourth-order valence-electron chi connectivity index (χ4n) is 0.653. The molecule has 0 saturated heterocycles. The van der Waals surface area contributed by atoms with Gasteiger partial charge in [0.25, 0.3) is 0 Å². The summed E-state index contributed by atoms with van der Waals surface area (Å²) in [5, 5.41) is 3.07. The van der Waals surface area contributed by atoms with Crippen molar-refractivity contribution in [3.8, 4) is 0 Å². The summed E-state index contributed by atoms with van der Waals surface area (Å²) >= 11 is 0. The molecule has 0 aliphatic carbocycles. The lowest BCUT2D eigenvalue weighted by Gasteiger charge is -2.07. The average Bonchev–Trinajstić information content (AvgIpc) is 1.87. The Morgan fingerprint density at radius 2 is 2.09 bits per heavy atom. The van der Waals surface area contributed by atoms with E-state index in [-0.39, 0.29) is 12.4 Å². The summed E-state index contributed by atoms with van der Waals surface area (Å²) in [5.41, 5.74) is 0. The molecule has 0 fully saturated rings. The topological polar surface area (TPSA) is 27.6 Å². The number of hydrogen-bond acceptors (Lipinski definition) is 2. The molecule has 0 unspecified atom stereocenters. The second kappa shape index (κ2) is 9.72. The zero-order valence-electron chi connectivity index (χ0n) is 7.50. The molecular formula is C7H18ClN3. The van der Waals surface area contributed by atoms with Gasteiger partial charge in [0.1, 0.15) is 0 Å². The molecule has 0 amide bonds. The molecule has 68 valence electrons. The van der Waals surface area contributed by atoms with Crippen LogP contribution in [0, 0.1) is 0 Å². The van der Waals surface area contributed by atoms with Gasteiger partial charge in [-0.15, -0.1) is 12.4 Å². The van der Waals surface area contributed by atoms with Crippen LogP contribution < -0.4 is 5.32 Å². The molecule has 0 heterocycles. The summed E-state index contributed by atoms with van der Waals surface area (Å²) < 4.78 is 0. The molecule has 0 spiro atoms. The van der Waals surface area contributed by atoms with Crippen molar-refractivity contribution in [1.29, 1.82) is 0 Å². The highest BCUT2D eigenvalue weighted by Crippen LogP contribution is 1.78. The minimum atomic E-state index is 0. The van der Waals surface area contributed by atoms with Gasteiger partial charge in [0.2, 0.25) is 0 Å². The molecule has 0 aromatic rings. The second-order valence-corrected chi connectivity index (χ2v) is 2.50. The highest BCUT2D eigenvalue weighted by atomic mass is 35.5. The first kappa shape index (κ1) is 13.3. The number of hydrogen-bond donors (Lipinski definition) is 1. The van der Waals surface area contributed by atoms with Crippen LogP contribution in [0.2, 0.25) is 0 Å². The van der Waals surface area contributed by atoms with Crippen LogP contribution in [0.4, 0.5) is 0 Å². The highest BCUT2D eigenvalue weighted by molar-refractivity contribution is 5.85. The summed E-state index contributed by atoms with van der Waals surface area (Å²) in [5.74, 6) is 0. The van der Waals surface area contributed by atoms with Crippen molar-refractivity contribution in [2.45, 2.75) is 6.42 Å². The smallest absolute Gasteiger partial charge is 0.0820 e. The lowest BCUT2D eigenvalue weighted by molar-refractivity contribution is 0.400. The molecule has 1 N–H and O–H groups in total. The van der Waals surface area contributed by atoms with Gasteiger partial charge in [-0.1, -0.05) is 0 Å². The molecule has 4 heteroatoms. The van der Waals surface area contributed by atoms with E-state index in [9.17, 15) is 0 Å². The first-order valence-electron chi connectivity index (χ1n) is 3.56. The highest BCUT2D eigenvalue weighted by Gasteiger charge is 1.86.